The van der Waals surface area contributed by atoms with Gasteiger partial charge in [0.15, 0.2) is 0 Å². The highest BCUT2D eigenvalue weighted by Gasteiger charge is 2.24. The molecule has 98 valence electrons. The highest BCUT2D eigenvalue weighted by molar-refractivity contribution is 9.10. The molecule has 1 N–H and O–H groups in total. The lowest BCUT2D eigenvalue weighted by molar-refractivity contribution is -0.124. The summed E-state index contributed by atoms with van der Waals surface area (Å²) >= 11 is 3.40. The summed E-state index contributed by atoms with van der Waals surface area (Å²) in [6.07, 6.45) is 1.39. The predicted molar refractivity (Wildman–Crippen MR) is 73.0 cm³/mol. The summed E-state index contributed by atoms with van der Waals surface area (Å²) in [5.41, 5.74) is 1.66. The van der Waals surface area contributed by atoms with E-state index < -0.39 is 0 Å². The van der Waals surface area contributed by atoms with E-state index in [-0.39, 0.29) is 12.0 Å². The molecule has 1 heterocycles. The normalized spacial score (nSPS) is 18.7. The Labute approximate surface area is 115 Å². The van der Waals surface area contributed by atoms with Gasteiger partial charge in [0.25, 0.3) is 5.91 Å². The fraction of sp³-hybridized carbons (Fsp3) is 0.462. The maximum absolute atomic E-state index is 12.0. The molecule has 0 aromatic heterocycles. The van der Waals surface area contributed by atoms with Gasteiger partial charge in [-0.15, -0.1) is 0 Å². The van der Waals surface area contributed by atoms with Crippen molar-refractivity contribution >= 4 is 27.5 Å². The number of methoxy groups -OCH3 is 1. The van der Waals surface area contributed by atoms with E-state index in [1.165, 1.54) is 0 Å². The number of carbonyl (C=O) groups is 1. The van der Waals surface area contributed by atoms with Crippen LogP contribution >= 0.6 is 15.9 Å². The zero-order valence-electron chi connectivity index (χ0n) is 10.5. The molecule has 0 aliphatic carbocycles. The molecular formula is C13H16BrNO3. The van der Waals surface area contributed by atoms with E-state index in [9.17, 15) is 4.79 Å². The van der Waals surface area contributed by atoms with Crippen molar-refractivity contribution in [2.75, 3.05) is 19.0 Å². The quantitative estimate of drug-likeness (QED) is 0.933. The minimum Gasteiger partial charge on any atom is -0.495 e. The summed E-state index contributed by atoms with van der Waals surface area (Å²) in [6, 6.07) is 3.77. The Morgan fingerprint density at radius 3 is 2.94 bits per heavy atom. The first kappa shape index (κ1) is 13.4. The lowest BCUT2D eigenvalue weighted by atomic mass is 10.1. The number of nitrogens with one attached hydrogen (secondary N) is 1. The summed E-state index contributed by atoms with van der Waals surface area (Å²) < 4.78 is 11.6. The van der Waals surface area contributed by atoms with E-state index in [0.29, 0.717) is 18.0 Å². The summed E-state index contributed by atoms with van der Waals surface area (Å²) in [5.74, 6) is 0.546. The first-order valence-corrected chi connectivity index (χ1v) is 6.67. The van der Waals surface area contributed by atoms with Gasteiger partial charge in [-0.3, -0.25) is 4.79 Å². The molecule has 4 nitrogen and oxygen atoms in total. The number of ether oxygens (including phenoxy) is 2. The Morgan fingerprint density at radius 2 is 2.33 bits per heavy atom. The second kappa shape index (κ2) is 5.71. The topological polar surface area (TPSA) is 47.6 Å². The van der Waals surface area contributed by atoms with Gasteiger partial charge < -0.3 is 14.8 Å². The van der Waals surface area contributed by atoms with Crippen molar-refractivity contribution in [3.8, 4) is 5.75 Å². The van der Waals surface area contributed by atoms with Gasteiger partial charge in [0.1, 0.15) is 11.9 Å². The van der Waals surface area contributed by atoms with Gasteiger partial charge in [0.2, 0.25) is 0 Å². The van der Waals surface area contributed by atoms with Gasteiger partial charge >= 0.3 is 0 Å². The molecular weight excluding hydrogens is 298 g/mol. The molecule has 2 rings (SSSR count). The summed E-state index contributed by atoms with van der Waals surface area (Å²) in [7, 11) is 1.59. The van der Waals surface area contributed by atoms with Crippen molar-refractivity contribution in [2.24, 2.45) is 0 Å². The van der Waals surface area contributed by atoms with Crippen LogP contribution in [0.15, 0.2) is 16.6 Å². The highest BCUT2D eigenvalue weighted by Crippen LogP contribution is 2.32. The van der Waals surface area contributed by atoms with Crippen LogP contribution in [0.3, 0.4) is 0 Å². The van der Waals surface area contributed by atoms with Gasteiger partial charge in [-0.05, 0) is 37.5 Å². The third-order valence-corrected chi connectivity index (χ3v) is 3.41. The number of anilines is 1. The molecule has 0 radical (unpaired) electrons. The molecule has 0 unspecified atom stereocenters. The average Bonchev–Trinajstić information content (AvgIpc) is 2.85. The Bertz CT molecular complexity index is 456. The second-order valence-electron chi connectivity index (χ2n) is 4.29. The fourth-order valence-corrected chi connectivity index (χ4v) is 2.57. The largest absolute Gasteiger partial charge is 0.495 e. The molecule has 5 heteroatoms. The van der Waals surface area contributed by atoms with Crippen LogP contribution in [0.2, 0.25) is 0 Å². The SMILES string of the molecule is COc1cc(Br)cc(C)c1NC(=O)[C@@H]1CCCO1. The minimum absolute atomic E-state index is 0.101. The number of hydrogen-bond donors (Lipinski definition) is 1. The number of aryl methyl sites for hydroxylation is 1. The monoisotopic (exact) mass is 313 g/mol. The minimum atomic E-state index is -0.335. The molecule has 0 saturated carbocycles. The van der Waals surface area contributed by atoms with E-state index in [1.807, 2.05) is 19.1 Å². The van der Waals surface area contributed by atoms with Crippen LogP contribution < -0.4 is 10.1 Å². The molecule has 1 amide bonds. The molecule has 1 fully saturated rings. The van der Waals surface area contributed by atoms with E-state index in [2.05, 4.69) is 21.2 Å². The average molecular weight is 314 g/mol. The third-order valence-electron chi connectivity index (χ3n) is 2.95. The van der Waals surface area contributed by atoms with E-state index in [0.717, 1.165) is 22.9 Å². The molecule has 1 aliphatic heterocycles. The van der Waals surface area contributed by atoms with Gasteiger partial charge in [-0.1, -0.05) is 15.9 Å². The number of rotatable bonds is 3. The third kappa shape index (κ3) is 2.84. The number of hydrogen-bond acceptors (Lipinski definition) is 3. The second-order valence-corrected chi connectivity index (χ2v) is 5.21. The van der Waals surface area contributed by atoms with Crippen LogP contribution in [0.5, 0.6) is 5.75 Å². The Balaban J connectivity index is 2.19. The molecule has 1 saturated heterocycles. The van der Waals surface area contributed by atoms with Crippen molar-refractivity contribution in [3.63, 3.8) is 0 Å². The molecule has 1 aromatic rings. The van der Waals surface area contributed by atoms with Crippen LogP contribution in [0.4, 0.5) is 5.69 Å². The Hall–Kier alpha value is -1.07. The van der Waals surface area contributed by atoms with E-state index >= 15 is 0 Å². The summed E-state index contributed by atoms with van der Waals surface area (Å²) in [4.78, 5) is 12.0. The first-order chi connectivity index (χ1) is 8.61. The predicted octanol–water partition coefficient (Wildman–Crippen LogP) is 2.88. The maximum atomic E-state index is 12.0. The fourth-order valence-electron chi connectivity index (χ4n) is 2.02. The molecule has 0 bridgehead atoms. The van der Waals surface area contributed by atoms with Crippen LogP contribution in [0, 0.1) is 6.92 Å². The van der Waals surface area contributed by atoms with Crippen molar-refractivity contribution in [2.45, 2.75) is 25.9 Å². The van der Waals surface area contributed by atoms with E-state index in [4.69, 9.17) is 9.47 Å². The van der Waals surface area contributed by atoms with Crippen molar-refractivity contribution in [1.29, 1.82) is 0 Å². The van der Waals surface area contributed by atoms with Gasteiger partial charge in [-0.2, -0.15) is 0 Å². The zero-order chi connectivity index (χ0) is 13.1. The number of amides is 1. The Morgan fingerprint density at radius 1 is 1.56 bits per heavy atom. The lowest BCUT2D eigenvalue weighted by Crippen LogP contribution is -2.27. The number of halogens is 1. The smallest absolute Gasteiger partial charge is 0.253 e. The maximum Gasteiger partial charge on any atom is 0.253 e. The molecule has 18 heavy (non-hydrogen) atoms. The van der Waals surface area contributed by atoms with Crippen molar-refractivity contribution < 1.29 is 14.3 Å². The number of benzene rings is 1. The lowest BCUT2D eigenvalue weighted by Gasteiger charge is -2.16. The molecule has 1 atom stereocenters. The molecule has 0 spiro atoms. The van der Waals surface area contributed by atoms with Crippen LogP contribution in [-0.2, 0) is 9.53 Å². The Kier molecular flexibility index (Phi) is 4.24. The first-order valence-electron chi connectivity index (χ1n) is 5.88. The summed E-state index contributed by atoms with van der Waals surface area (Å²) in [5, 5.41) is 2.89. The summed E-state index contributed by atoms with van der Waals surface area (Å²) in [6.45, 7) is 2.59. The molecule has 1 aliphatic rings. The molecule has 1 aromatic carbocycles. The van der Waals surface area contributed by atoms with Crippen LogP contribution in [0.1, 0.15) is 18.4 Å². The van der Waals surface area contributed by atoms with Crippen LogP contribution in [0.25, 0.3) is 0 Å². The zero-order valence-corrected chi connectivity index (χ0v) is 12.0. The van der Waals surface area contributed by atoms with E-state index in [1.54, 1.807) is 7.11 Å². The standard InChI is InChI=1S/C13H16BrNO3/c1-8-6-9(14)7-11(17-2)12(8)15-13(16)10-4-3-5-18-10/h6-7,10H,3-5H2,1-2H3,(H,15,16)/t10-/m0/s1. The number of carbonyl (C=O) groups excluding carboxylic acids is 1. The van der Waals surface area contributed by atoms with Gasteiger partial charge in [0, 0.05) is 11.1 Å². The van der Waals surface area contributed by atoms with Crippen molar-refractivity contribution in [1.82, 2.24) is 0 Å². The van der Waals surface area contributed by atoms with Crippen molar-refractivity contribution in [3.05, 3.63) is 22.2 Å². The van der Waals surface area contributed by atoms with Gasteiger partial charge in [-0.25, -0.2) is 0 Å². The highest BCUT2D eigenvalue weighted by atomic mass is 79.9. The van der Waals surface area contributed by atoms with Gasteiger partial charge in [0.05, 0.1) is 12.8 Å². The van der Waals surface area contributed by atoms with Crippen LogP contribution in [-0.4, -0.2) is 25.7 Å².